The zero-order valence-corrected chi connectivity index (χ0v) is 17.1. The number of amides is 1. The molecule has 0 spiro atoms. The molecule has 1 amide bonds. The van der Waals surface area contributed by atoms with Crippen molar-refractivity contribution >= 4 is 54.8 Å². The molecule has 4 heterocycles. The Morgan fingerprint density at radius 3 is 2.89 bits per heavy atom. The van der Waals surface area contributed by atoms with Crippen LogP contribution in [0.5, 0.6) is 0 Å². The van der Waals surface area contributed by atoms with Crippen molar-refractivity contribution in [2.24, 2.45) is 13.0 Å². The third-order valence-corrected chi connectivity index (χ3v) is 8.09. The van der Waals surface area contributed by atoms with Crippen LogP contribution in [0.15, 0.2) is 44.8 Å². The predicted molar refractivity (Wildman–Crippen MR) is 106 cm³/mol. The first-order valence-electron chi connectivity index (χ1n) is 8.17. The van der Waals surface area contributed by atoms with Gasteiger partial charge in [-0.05, 0) is 0 Å². The Hall–Kier alpha value is -1.78. The number of thiazole rings is 1. The molecule has 2 atom stereocenters. The highest BCUT2D eigenvalue weighted by Gasteiger charge is 2.51. The molecule has 2 aliphatic rings. The Morgan fingerprint density at radius 2 is 2.19 bits per heavy atom. The van der Waals surface area contributed by atoms with Gasteiger partial charge in [0.15, 0.2) is 16.7 Å². The van der Waals surface area contributed by atoms with Gasteiger partial charge in [0.2, 0.25) is 5.91 Å². The van der Waals surface area contributed by atoms with Crippen molar-refractivity contribution in [3.63, 3.8) is 0 Å². The minimum atomic E-state index is -0.685. The van der Waals surface area contributed by atoms with E-state index in [1.54, 1.807) is 11.8 Å². The minimum Gasteiger partial charge on any atom is -0.539 e. The summed E-state index contributed by atoms with van der Waals surface area (Å²) in [4.78, 5) is 31.4. The van der Waals surface area contributed by atoms with Gasteiger partial charge in [-0.3, -0.25) is 9.69 Å². The number of hydrogen-bond donors (Lipinski definition) is 0. The summed E-state index contributed by atoms with van der Waals surface area (Å²) >= 11 is 4.53. The van der Waals surface area contributed by atoms with Gasteiger partial charge in [0.05, 0.1) is 17.0 Å². The number of rotatable bonds is 4. The molecule has 2 aromatic rings. The number of pyridine rings is 1. The topological polar surface area (TPSA) is 63.4 Å². The fourth-order valence-corrected chi connectivity index (χ4v) is 6.47. The quantitative estimate of drug-likeness (QED) is 0.432. The number of carbonyl (C=O) groups is 2. The lowest BCUT2D eigenvalue weighted by Crippen LogP contribution is -2.60. The van der Waals surface area contributed by atoms with Gasteiger partial charge in [-0.15, -0.1) is 23.1 Å². The lowest BCUT2D eigenvalue weighted by molar-refractivity contribution is -0.671. The van der Waals surface area contributed by atoms with Crippen LogP contribution in [-0.2, 0) is 21.3 Å². The standard InChI is InChI=1S/C17H15BN3O3S3/c1-9-14(22)21-13(16(23)24-18)12(8-25-15(9)21)27-17-19-11(7-26-17)10-3-5-20(2)6-4-10/h3-7,9,15H,8H2,1-2H3/q+1/t9-,15-/m1/s1. The number of carbonyl (C=O) groups excluding carboxylic acids is 2. The van der Waals surface area contributed by atoms with Crippen molar-refractivity contribution in [3.05, 3.63) is 40.5 Å². The summed E-state index contributed by atoms with van der Waals surface area (Å²) in [5.74, 6) is -0.254. The van der Waals surface area contributed by atoms with Gasteiger partial charge < -0.3 is 4.65 Å². The molecule has 6 nitrogen and oxygen atoms in total. The Morgan fingerprint density at radius 1 is 1.44 bits per heavy atom. The van der Waals surface area contributed by atoms with Crippen LogP contribution in [0, 0.1) is 5.92 Å². The lowest BCUT2D eigenvalue weighted by Gasteiger charge is -2.48. The molecule has 1 saturated heterocycles. The summed E-state index contributed by atoms with van der Waals surface area (Å²) in [5.41, 5.74) is 2.15. The van der Waals surface area contributed by atoms with E-state index in [1.807, 2.05) is 48.4 Å². The first kappa shape index (κ1) is 18.6. The zero-order chi connectivity index (χ0) is 19.1. The molecular formula is C17H15BN3O3S3+. The van der Waals surface area contributed by atoms with Gasteiger partial charge in [-0.25, -0.2) is 14.3 Å². The van der Waals surface area contributed by atoms with Crippen molar-refractivity contribution in [1.82, 2.24) is 9.88 Å². The first-order chi connectivity index (χ1) is 13.0. The zero-order valence-electron chi connectivity index (χ0n) is 14.6. The molecule has 4 rings (SSSR count). The largest absolute Gasteiger partial charge is 0.539 e. The maximum Gasteiger partial charge on any atom is 0.378 e. The van der Waals surface area contributed by atoms with E-state index in [9.17, 15) is 9.59 Å². The van der Waals surface area contributed by atoms with Crippen molar-refractivity contribution in [3.8, 4) is 11.3 Å². The van der Waals surface area contributed by atoms with E-state index in [0.717, 1.165) is 20.5 Å². The molecule has 2 radical (unpaired) electrons. The van der Waals surface area contributed by atoms with E-state index in [1.165, 1.54) is 28.0 Å². The fourth-order valence-electron chi connectivity index (χ4n) is 2.99. The molecule has 2 aromatic heterocycles. The summed E-state index contributed by atoms with van der Waals surface area (Å²) in [6.07, 6.45) is 3.93. The monoisotopic (exact) mass is 416 g/mol. The molecule has 10 heteroatoms. The maximum absolute atomic E-state index is 12.2. The van der Waals surface area contributed by atoms with Crippen LogP contribution < -0.4 is 4.57 Å². The average Bonchev–Trinajstić information content (AvgIpc) is 3.15. The van der Waals surface area contributed by atoms with Crippen LogP contribution in [0.3, 0.4) is 0 Å². The molecule has 0 unspecified atom stereocenters. The summed E-state index contributed by atoms with van der Waals surface area (Å²) in [5, 5.41) is 1.95. The second-order valence-electron chi connectivity index (χ2n) is 6.23. The molecule has 2 aliphatic heterocycles. The second kappa shape index (κ2) is 7.33. The molecule has 0 N–H and O–H groups in total. The minimum absolute atomic E-state index is 0.0344. The Labute approximate surface area is 170 Å². The van der Waals surface area contributed by atoms with E-state index in [-0.39, 0.29) is 22.9 Å². The van der Waals surface area contributed by atoms with Crippen LogP contribution in [0.1, 0.15) is 6.92 Å². The Balaban J connectivity index is 1.62. The van der Waals surface area contributed by atoms with Gasteiger partial charge in [0.1, 0.15) is 12.7 Å². The molecule has 0 bridgehead atoms. The number of β-lactam (4-membered cyclic amide) rings is 1. The fraction of sp³-hybridized carbons (Fsp3) is 0.294. The molecule has 1 fully saturated rings. The smallest absolute Gasteiger partial charge is 0.378 e. The SMILES string of the molecule is [B]OC(=O)C1=C(Sc2nc(-c3cc[n+](C)cc3)cs2)CS[C@@H]2[C@H](C)C(=O)N12. The van der Waals surface area contributed by atoms with E-state index in [2.05, 4.69) is 9.64 Å². The van der Waals surface area contributed by atoms with Crippen molar-refractivity contribution in [1.29, 1.82) is 0 Å². The summed E-state index contributed by atoms with van der Waals surface area (Å²) in [6.45, 7) is 1.87. The van der Waals surface area contributed by atoms with E-state index < -0.39 is 5.97 Å². The normalized spacial score (nSPS) is 21.7. The van der Waals surface area contributed by atoms with E-state index >= 15 is 0 Å². The molecule has 136 valence electrons. The Bertz CT molecular complexity index is 944. The van der Waals surface area contributed by atoms with Crippen LogP contribution in [0.4, 0.5) is 0 Å². The van der Waals surface area contributed by atoms with Crippen LogP contribution >= 0.6 is 34.9 Å². The molecule has 0 aromatic carbocycles. The van der Waals surface area contributed by atoms with Crippen LogP contribution in [0.25, 0.3) is 11.3 Å². The van der Waals surface area contributed by atoms with Crippen LogP contribution in [-0.4, -0.2) is 40.9 Å². The molecule has 0 saturated carbocycles. The van der Waals surface area contributed by atoms with E-state index in [0.29, 0.717) is 5.75 Å². The van der Waals surface area contributed by atoms with Gasteiger partial charge >= 0.3 is 14.0 Å². The lowest BCUT2D eigenvalue weighted by atomic mass is 9.99. The van der Waals surface area contributed by atoms with Gasteiger partial charge in [-0.2, -0.15) is 0 Å². The Kier molecular flexibility index (Phi) is 5.04. The summed E-state index contributed by atoms with van der Waals surface area (Å²) in [6, 6.07) is 4.00. The predicted octanol–water partition coefficient (Wildman–Crippen LogP) is 2.12. The third-order valence-electron chi connectivity index (χ3n) is 4.47. The summed E-state index contributed by atoms with van der Waals surface area (Å²) in [7, 11) is 7.07. The van der Waals surface area contributed by atoms with Crippen molar-refractivity contribution < 1.29 is 18.8 Å². The number of nitrogens with zero attached hydrogens (tertiary/aromatic N) is 3. The maximum atomic E-state index is 12.2. The van der Waals surface area contributed by atoms with Gasteiger partial charge in [0, 0.05) is 33.7 Å². The van der Waals surface area contributed by atoms with Crippen LogP contribution in [0.2, 0.25) is 0 Å². The molecule has 27 heavy (non-hydrogen) atoms. The number of hydrogen-bond acceptors (Lipinski definition) is 7. The number of aromatic nitrogens is 2. The highest BCUT2D eigenvalue weighted by molar-refractivity contribution is 8.07. The first-order valence-corrected chi connectivity index (χ1v) is 10.9. The third kappa shape index (κ3) is 3.30. The molecular weight excluding hydrogens is 401 g/mol. The van der Waals surface area contributed by atoms with Gasteiger partial charge in [0.25, 0.3) is 0 Å². The summed E-state index contributed by atoms with van der Waals surface area (Å²) < 4.78 is 7.21. The van der Waals surface area contributed by atoms with Crippen molar-refractivity contribution in [2.75, 3.05) is 5.75 Å². The van der Waals surface area contributed by atoms with E-state index in [4.69, 9.17) is 8.05 Å². The molecule has 0 aliphatic carbocycles. The van der Waals surface area contributed by atoms with Gasteiger partial charge in [-0.1, -0.05) is 18.7 Å². The van der Waals surface area contributed by atoms with Crippen molar-refractivity contribution in [2.45, 2.75) is 16.6 Å². The highest BCUT2D eigenvalue weighted by atomic mass is 32.2. The number of thioether (sulfide) groups is 2. The average molecular weight is 416 g/mol. The highest BCUT2D eigenvalue weighted by Crippen LogP contribution is 2.48. The number of fused-ring (bicyclic) bond motifs is 1. The number of aryl methyl sites for hydroxylation is 1. The second-order valence-corrected chi connectivity index (χ2v) is 9.53.